The zero-order chi connectivity index (χ0) is 13.3. The number of halogens is 2. The lowest BCUT2D eigenvalue weighted by Crippen LogP contribution is -2.06. The molecule has 2 rings (SSSR count). The van der Waals surface area contributed by atoms with E-state index < -0.39 is 9.84 Å². The largest absolute Gasteiger partial charge is 0.398 e. The number of rotatable bonds is 2. The lowest BCUT2D eigenvalue weighted by atomic mass is 10.3. The molecule has 0 bridgehead atoms. The topological polar surface area (TPSA) is 60.2 Å². The van der Waals surface area contributed by atoms with Gasteiger partial charge in [0.2, 0.25) is 9.84 Å². The van der Waals surface area contributed by atoms with Crippen LogP contribution in [0.25, 0.3) is 0 Å². The fourth-order valence-electron chi connectivity index (χ4n) is 1.57. The summed E-state index contributed by atoms with van der Waals surface area (Å²) in [7, 11) is -3.82. The van der Waals surface area contributed by atoms with Gasteiger partial charge in [-0.05, 0) is 24.3 Å². The van der Waals surface area contributed by atoms with Crippen molar-refractivity contribution >= 4 is 38.7 Å². The fourth-order valence-corrected chi connectivity index (χ4v) is 4.09. The monoisotopic (exact) mass is 301 g/mol. The molecule has 0 unspecified atom stereocenters. The number of nitrogens with two attached hydrogens (primary N) is 1. The highest BCUT2D eigenvalue weighted by molar-refractivity contribution is 7.92. The molecule has 0 aliphatic heterocycles. The van der Waals surface area contributed by atoms with Crippen LogP contribution in [0.15, 0.2) is 52.3 Å². The summed E-state index contributed by atoms with van der Waals surface area (Å²) in [5, 5.41) is 0.150. The molecule has 0 atom stereocenters. The van der Waals surface area contributed by atoms with Crippen LogP contribution in [0.2, 0.25) is 10.0 Å². The molecule has 0 saturated heterocycles. The molecule has 2 aromatic carbocycles. The molecule has 0 aliphatic carbocycles. The van der Waals surface area contributed by atoms with Crippen molar-refractivity contribution in [3.8, 4) is 0 Å². The first-order chi connectivity index (χ1) is 8.44. The second kappa shape index (κ2) is 4.80. The molecular weight excluding hydrogens is 293 g/mol. The number of hydrogen-bond acceptors (Lipinski definition) is 3. The van der Waals surface area contributed by atoms with E-state index in [1.54, 1.807) is 18.2 Å². The van der Waals surface area contributed by atoms with Gasteiger partial charge in [-0.25, -0.2) is 8.42 Å². The molecule has 0 radical (unpaired) electrons. The van der Waals surface area contributed by atoms with Crippen molar-refractivity contribution in [3.05, 3.63) is 52.5 Å². The van der Waals surface area contributed by atoms with Gasteiger partial charge in [0.15, 0.2) is 0 Å². The Hall–Kier alpha value is -1.23. The van der Waals surface area contributed by atoms with Crippen molar-refractivity contribution in [1.29, 1.82) is 0 Å². The Morgan fingerprint density at radius 3 is 2.00 bits per heavy atom. The Labute approximate surface area is 115 Å². The van der Waals surface area contributed by atoms with Gasteiger partial charge in [-0.3, -0.25) is 0 Å². The maximum Gasteiger partial charge on any atom is 0.211 e. The summed E-state index contributed by atoms with van der Waals surface area (Å²) in [6, 6.07) is 10.7. The number of benzene rings is 2. The molecule has 0 aliphatic rings. The molecule has 0 amide bonds. The minimum Gasteiger partial charge on any atom is -0.398 e. The zero-order valence-electron chi connectivity index (χ0n) is 9.10. The third-order valence-corrected chi connectivity index (χ3v) is 5.18. The molecule has 0 heterocycles. The molecule has 6 heteroatoms. The molecule has 3 nitrogen and oxygen atoms in total. The van der Waals surface area contributed by atoms with Crippen LogP contribution in [0.5, 0.6) is 0 Å². The minimum absolute atomic E-state index is 0. The zero-order valence-corrected chi connectivity index (χ0v) is 11.4. The summed E-state index contributed by atoms with van der Waals surface area (Å²) in [5.74, 6) is 0. The molecular formula is C12H9Cl2NO2S. The smallest absolute Gasteiger partial charge is 0.211 e. The Bertz CT molecular complexity index is 679. The van der Waals surface area contributed by atoms with Crippen LogP contribution in [0.3, 0.4) is 0 Å². The molecule has 2 aromatic rings. The van der Waals surface area contributed by atoms with Gasteiger partial charge in [0.25, 0.3) is 0 Å². The van der Waals surface area contributed by atoms with Crippen LogP contribution < -0.4 is 5.73 Å². The summed E-state index contributed by atoms with van der Waals surface area (Å²) in [6.45, 7) is 0. The standard InChI is InChI=1S/C12H9Cl2NO2S/c13-8-4-3-5-9(14)12(8)18(16,17)11-7-2-1-6-10(11)15/h1-7H,15H2. The van der Waals surface area contributed by atoms with Crippen LogP contribution in [0, 0.1) is 0 Å². The molecule has 94 valence electrons. The number of para-hydroxylation sites is 1. The predicted molar refractivity (Wildman–Crippen MR) is 72.8 cm³/mol. The second-order valence-electron chi connectivity index (χ2n) is 3.59. The van der Waals surface area contributed by atoms with Gasteiger partial charge in [-0.1, -0.05) is 41.4 Å². The van der Waals surface area contributed by atoms with Gasteiger partial charge >= 0.3 is 0 Å². The number of anilines is 1. The first kappa shape index (κ1) is 13.2. The third-order valence-electron chi connectivity index (χ3n) is 2.40. The predicted octanol–water partition coefficient (Wildman–Crippen LogP) is 3.41. The van der Waals surface area contributed by atoms with Crippen molar-refractivity contribution in [2.75, 3.05) is 5.73 Å². The first-order valence-corrected chi connectivity index (χ1v) is 7.22. The number of sulfone groups is 1. The van der Waals surface area contributed by atoms with Gasteiger partial charge < -0.3 is 5.73 Å². The molecule has 0 fully saturated rings. The third kappa shape index (κ3) is 2.19. The molecule has 0 aromatic heterocycles. The van der Waals surface area contributed by atoms with Crippen LogP contribution in [0.4, 0.5) is 5.69 Å². The molecule has 2 N–H and O–H groups in total. The lowest BCUT2D eigenvalue weighted by Gasteiger charge is -2.10. The van der Waals surface area contributed by atoms with E-state index in [0.717, 1.165) is 0 Å². The van der Waals surface area contributed by atoms with Crippen LogP contribution in [-0.4, -0.2) is 8.42 Å². The van der Waals surface area contributed by atoms with E-state index in [0.29, 0.717) is 0 Å². The van der Waals surface area contributed by atoms with Crippen molar-refractivity contribution in [2.45, 2.75) is 9.79 Å². The summed E-state index contributed by atoms with van der Waals surface area (Å²) in [4.78, 5) is -0.119. The average molecular weight is 302 g/mol. The van der Waals surface area contributed by atoms with E-state index in [-0.39, 0.29) is 25.5 Å². The van der Waals surface area contributed by atoms with Crippen LogP contribution in [0.1, 0.15) is 0 Å². The summed E-state index contributed by atoms with van der Waals surface area (Å²) in [5.41, 5.74) is 5.84. The van der Waals surface area contributed by atoms with Crippen molar-refractivity contribution < 1.29 is 8.42 Å². The summed E-state index contributed by atoms with van der Waals surface area (Å²) < 4.78 is 24.9. The molecule has 0 spiro atoms. The van der Waals surface area contributed by atoms with Gasteiger partial charge in [0, 0.05) is 0 Å². The minimum atomic E-state index is -3.82. The molecule has 0 saturated carbocycles. The number of nitrogen functional groups attached to an aromatic ring is 1. The summed E-state index contributed by atoms with van der Waals surface area (Å²) in [6.07, 6.45) is 0. The van der Waals surface area contributed by atoms with E-state index in [4.69, 9.17) is 28.9 Å². The second-order valence-corrected chi connectivity index (χ2v) is 6.26. The quantitative estimate of drug-likeness (QED) is 0.865. The van der Waals surface area contributed by atoms with E-state index >= 15 is 0 Å². The highest BCUT2D eigenvalue weighted by Crippen LogP contribution is 2.35. The Kier molecular flexibility index (Phi) is 3.52. The summed E-state index contributed by atoms with van der Waals surface area (Å²) >= 11 is 11.8. The lowest BCUT2D eigenvalue weighted by molar-refractivity contribution is 0.596. The van der Waals surface area contributed by atoms with E-state index in [9.17, 15) is 8.42 Å². The van der Waals surface area contributed by atoms with Gasteiger partial charge in [-0.15, -0.1) is 0 Å². The Morgan fingerprint density at radius 2 is 1.44 bits per heavy atom. The average Bonchev–Trinajstić information content (AvgIpc) is 2.28. The Morgan fingerprint density at radius 1 is 0.889 bits per heavy atom. The highest BCUT2D eigenvalue weighted by Gasteiger charge is 2.25. The van der Waals surface area contributed by atoms with Gasteiger partial charge in [-0.2, -0.15) is 0 Å². The molecule has 18 heavy (non-hydrogen) atoms. The van der Waals surface area contributed by atoms with Crippen molar-refractivity contribution in [3.63, 3.8) is 0 Å². The normalized spacial score (nSPS) is 11.4. The van der Waals surface area contributed by atoms with Gasteiger partial charge in [0.05, 0.1) is 20.6 Å². The van der Waals surface area contributed by atoms with Gasteiger partial charge in [0.1, 0.15) is 4.90 Å². The van der Waals surface area contributed by atoms with E-state index in [1.807, 2.05) is 0 Å². The maximum atomic E-state index is 12.4. The fraction of sp³-hybridized carbons (Fsp3) is 0. The Balaban J connectivity index is 2.75. The van der Waals surface area contributed by atoms with Crippen LogP contribution in [-0.2, 0) is 9.84 Å². The number of hydrogen-bond donors (Lipinski definition) is 1. The van der Waals surface area contributed by atoms with Crippen molar-refractivity contribution in [1.82, 2.24) is 0 Å². The van der Waals surface area contributed by atoms with Crippen LogP contribution >= 0.6 is 23.2 Å². The SMILES string of the molecule is Nc1ccccc1S(=O)(=O)c1c(Cl)cccc1Cl. The van der Waals surface area contributed by atoms with E-state index in [1.165, 1.54) is 24.3 Å². The maximum absolute atomic E-state index is 12.4. The first-order valence-electron chi connectivity index (χ1n) is 4.98. The van der Waals surface area contributed by atoms with Crippen molar-refractivity contribution in [2.24, 2.45) is 0 Å². The highest BCUT2D eigenvalue weighted by atomic mass is 35.5. The van der Waals surface area contributed by atoms with E-state index in [2.05, 4.69) is 0 Å².